The fraction of sp³-hybridized carbons (Fsp3) is 0.364. The monoisotopic (exact) mass is 271 g/mol. The second kappa shape index (κ2) is 5.94. The van der Waals surface area contributed by atoms with Gasteiger partial charge in [0.25, 0.3) is 0 Å². The van der Waals surface area contributed by atoms with Crippen LogP contribution in [0.4, 0.5) is 5.69 Å². The highest BCUT2D eigenvalue weighted by Crippen LogP contribution is 2.14. The van der Waals surface area contributed by atoms with Crippen LogP contribution < -0.4 is 16.2 Å². The number of sulfonamides is 1. The third-order valence-electron chi connectivity index (χ3n) is 2.37. The molecule has 0 saturated carbocycles. The van der Waals surface area contributed by atoms with E-state index >= 15 is 0 Å². The number of rotatable bonds is 5. The van der Waals surface area contributed by atoms with Gasteiger partial charge in [-0.05, 0) is 24.6 Å². The van der Waals surface area contributed by atoms with Crippen molar-refractivity contribution in [2.75, 3.05) is 5.32 Å². The summed E-state index contributed by atoms with van der Waals surface area (Å²) in [5.41, 5.74) is 6.00. The van der Waals surface area contributed by atoms with Gasteiger partial charge in [-0.1, -0.05) is 19.4 Å². The molecule has 0 aliphatic heterocycles. The largest absolute Gasteiger partial charge is 0.325 e. The molecule has 1 atom stereocenters. The molecule has 1 amide bonds. The van der Waals surface area contributed by atoms with Gasteiger partial charge >= 0.3 is 0 Å². The lowest BCUT2D eigenvalue weighted by atomic mass is 10.1. The van der Waals surface area contributed by atoms with Crippen LogP contribution in [0.2, 0.25) is 0 Å². The molecular formula is C11H17N3O3S. The molecule has 0 spiro atoms. The summed E-state index contributed by atoms with van der Waals surface area (Å²) >= 11 is 0. The van der Waals surface area contributed by atoms with Gasteiger partial charge in [0, 0.05) is 5.69 Å². The minimum atomic E-state index is -3.77. The van der Waals surface area contributed by atoms with E-state index in [1.807, 2.05) is 6.92 Å². The zero-order valence-electron chi connectivity index (χ0n) is 10.1. The third-order valence-corrected chi connectivity index (χ3v) is 3.28. The van der Waals surface area contributed by atoms with Gasteiger partial charge in [-0.25, -0.2) is 13.6 Å². The molecule has 0 radical (unpaired) electrons. The number of carbonyl (C=O) groups excluding carboxylic acids is 1. The van der Waals surface area contributed by atoms with E-state index in [1.54, 1.807) is 6.07 Å². The average Bonchev–Trinajstić information content (AvgIpc) is 2.28. The molecule has 0 aliphatic carbocycles. The summed E-state index contributed by atoms with van der Waals surface area (Å²) in [6.45, 7) is 1.93. The molecule has 0 aliphatic rings. The van der Waals surface area contributed by atoms with Crippen molar-refractivity contribution < 1.29 is 13.2 Å². The molecule has 0 saturated heterocycles. The lowest BCUT2D eigenvalue weighted by Gasteiger charge is -2.11. The molecular weight excluding hydrogens is 254 g/mol. The van der Waals surface area contributed by atoms with Gasteiger partial charge in [0.05, 0.1) is 10.9 Å². The van der Waals surface area contributed by atoms with E-state index in [1.165, 1.54) is 18.2 Å². The standard InChI is InChI=1S/C11H17N3O3S/c1-2-4-10(12)11(15)14-8-5-3-6-9(7-8)18(13,16)17/h3,5-7,10H,2,4,12H2,1H3,(H,14,15)(H2,13,16,17). The van der Waals surface area contributed by atoms with Crippen LogP contribution in [-0.4, -0.2) is 20.4 Å². The minimum Gasteiger partial charge on any atom is -0.325 e. The van der Waals surface area contributed by atoms with Crippen LogP contribution in [0, 0.1) is 0 Å². The van der Waals surface area contributed by atoms with Gasteiger partial charge in [-0.3, -0.25) is 4.79 Å². The highest BCUT2D eigenvalue weighted by atomic mass is 32.2. The second-order valence-electron chi connectivity index (χ2n) is 3.96. The molecule has 6 nitrogen and oxygen atoms in total. The Hall–Kier alpha value is -1.44. The number of amides is 1. The number of benzene rings is 1. The third kappa shape index (κ3) is 4.10. The maximum Gasteiger partial charge on any atom is 0.241 e. The SMILES string of the molecule is CCCC(N)C(=O)Nc1cccc(S(N)(=O)=O)c1. The van der Waals surface area contributed by atoms with Crippen molar-refractivity contribution in [3.05, 3.63) is 24.3 Å². The molecule has 100 valence electrons. The summed E-state index contributed by atoms with van der Waals surface area (Å²) in [6.07, 6.45) is 1.37. The summed E-state index contributed by atoms with van der Waals surface area (Å²) in [5, 5.41) is 7.55. The molecule has 1 rings (SSSR count). The van der Waals surface area contributed by atoms with Gasteiger partial charge in [0.1, 0.15) is 0 Å². The summed E-state index contributed by atoms with van der Waals surface area (Å²) in [6, 6.07) is 5.13. The second-order valence-corrected chi connectivity index (χ2v) is 5.52. The number of hydrogen-bond donors (Lipinski definition) is 3. The van der Waals surface area contributed by atoms with E-state index in [9.17, 15) is 13.2 Å². The number of anilines is 1. The first-order chi connectivity index (χ1) is 8.34. The Labute approximate surface area is 106 Å². The van der Waals surface area contributed by atoms with Crippen LogP contribution in [-0.2, 0) is 14.8 Å². The first kappa shape index (κ1) is 14.6. The summed E-state index contributed by atoms with van der Waals surface area (Å²) in [5.74, 6) is -0.344. The van der Waals surface area contributed by atoms with E-state index in [2.05, 4.69) is 5.32 Å². The Morgan fingerprint density at radius 1 is 1.44 bits per heavy atom. The van der Waals surface area contributed by atoms with Crippen LogP contribution in [0.1, 0.15) is 19.8 Å². The first-order valence-corrected chi connectivity index (χ1v) is 7.08. The van der Waals surface area contributed by atoms with Gasteiger partial charge in [-0.2, -0.15) is 0 Å². The van der Waals surface area contributed by atoms with Crippen LogP contribution in [0.3, 0.4) is 0 Å². The molecule has 7 heteroatoms. The van der Waals surface area contributed by atoms with E-state index in [0.717, 1.165) is 6.42 Å². The van der Waals surface area contributed by atoms with Crippen molar-refractivity contribution in [3.63, 3.8) is 0 Å². The molecule has 1 aromatic carbocycles. The average molecular weight is 271 g/mol. The fourth-order valence-electron chi connectivity index (χ4n) is 1.43. The van der Waals surface area contributed by atoms with Crippen LogP contribution in [0.25, 0.3) is 0 Å². The quantitative estimate of drug-likeness (QED) is 0.718. The van der Waals surface area contributed by atoms with Crippen molar-refractivity contribution in [2.45, 2.75) is 30.7 Å². The number of carbonyl (C=O) groups is 1. The molecule has 1 unspecified atom stereocenters. The van der Waals surface area contributed by atoms with Gasteiger partial charge in [0.15, 0.2) is 0 Å². The van der Waals surface area contributed by atoms with E-state index in [-0.39, 0.29) is 10.8 Å². The van der Waals surface area contributed by atoms with Crippen molar-refractivity contribution in [2.24, 2.45) is 10.9 Å². The molecule has 18 heavy (non-hydrogen) atoms. The van der Waals surface area contributed by atoms with Crippen molar-refractivity contribution >= 4 is 21.6 Å². The van der Waals surface area contributed by atoms with E-state index < -0.39 is 16.1 Å². The Bertz CT molecular complexity index is 528. The van der Waals surface area contributed by atoms with Gasteiger partial charge in [-0.15, -0.1) is 0 Å². The first-order valence-electron chi connectivity index (χ1n) is 5.54. The lowest BCUT2D eigenvalue weighted by molar-refractivity contribution is -0.117. The van der Waals surface area contributed by atoms with E-state index in [4.69, 9.17) is 10.9 Å². The maximum absolute atomic E-state index is 11.6. The number of hydrogen-bond acceptors (Lipinski definition) is 4. The summed E-state index contributed by atoms with van der Waals surface area (Å²) in [4.78, 5) is 11.6. The number of nitrogens with one attached hydrogen (secondary N) is 1. The molecule has 0 heterocycles. The van der Waals surface area contributed by atoms with Crippen molar-refractivity contribution in [1.29, 1.82) is 0 Å². The Morgan fingerprint density at radius 2 is 2.11 bits per heavy atom. The van der Waals surface area contributed by atoms with E-state index in [0.29, 0.717) is 12.1 Å². The van der Waals surface area contributed by atoms with Crippen molar-refractivity contribution in [1.82, 2.24) is 0 Å². The molecule has 0 bridgehead atoms. The highest BCUT2D eigenvalue weighted by Gasteiger charge is 2.13. The topological polar surface area (TPSA) is 115 Å². The fourth-order valence-corrected chi connectivity index (χ4v) is 1.99. The molecule has 1 aromatic rings. The predicted octanol–water partition coefficient (Wildman–Crippen LogP) is 0.400. The van der Waals surface area contributed by atoms with Crippen LogP contribution >= 0.6 is 0 Å². The Kier molecular flexibility index (Phi) is 4.83. The molecule has 0 fully saturated rings. The summed E-state index contributed by atoms with van der Waals surface area (Å²) in [7, 11) is -3.77. The summed E-state index contributed by atoms with van der Waals surface area (Å²) < 4.78 is 22.3. The van der Waals surface area contributed by atoms with Gasteiger partial charge < -0.3 is 11.1 Å². The molecule has 0 aromatic heterocycles. The highest BCUT2D eigenvalue weighted by molar-refractivity contribution is 7.89. The van der Waals surface area contributed by atoms with Crippen LogP contribution in [0.5, 0.6) is 0 Å². The lowest BCUT2D eigenvalue weighted by Crippen LogP contribution is -2.35. The Balaban J connectivity index is 2.83. The van der Waals surface area contributed by atoms with Crippen LogP contribution in [0.15, 0.2) is 29.2 Å². The number of nitrogens with two attached hydrogens (primary N) is 2. The Morgan fingerprint density at radius 3 is 2.67 bits per heavy atom. The smallest absolute Gasteiger partial charge is 0.241 e. The molecule has 5 N–H and O–H groups in total. The maximum atomic E-state index is 11.6. The number of primary sulfonamides is 1. The minimum absolute atomic E-state index is 0.0515. The normalized spacial score (nSPS) is 13.1. The zero-order chi connectivity index (χ0) is 13.8. The zero-order valence-corrected chi connectivity index (χ0v) is 10.9. The van der Waals surface area contributed by atoms with Crippen molar-refractivity contribution in [3.8, 4) is 0 Å². The predicted molar refractivity (Wildman–Crippen MR) is 69.3 cm³/mol. The van der Waals surface area contributed by atoms with Gasteiger partial charge in [0.2, 0.25) is 15.9 Å².